The Bertz CT molecular complexity index is 947. The van der Waals surface area contributed by atoms with Gasteiger partial charge in [0.15, 0.2) is 11.5 Å². The van der Waals surface area contributed by atoms with Crippen LogP contribution in [0, 0.1) is 6.92 Å². The van der Waals surface area contributed by atoms with Gasteiger partial charge in [0.25, 0.3) is 0 Å². The molecule has 0 heterocycles. The molecule has 2 N–H and O–H groups in total. The topological polar surface area (TPSA) is 74.6 Å². The van der Waals surface area contributed by atoms with E-state index in [1.54, 1.807) is 24.3 Å². The second kappa shape index (κ2) is 6.61. The molecule has 1 aliphatic carbocycles. The molecule has 4 nitrogen and oxygen atoms in total. The fourth-order valence-electron chi connectivity index (χ4n) is 2.66. The molecule has 0 spiro atoms. The Morgan fingerprint density at radius 1 is 0.800 bits per heavy atom. The predicted molar refractivity (Wildman–Crippen MR) is 95.9 cm³/mol. The molecule has 2 aromatic carbocycles. The van der Waals surface area contributed by atoms with Crippen molar-refractivity contribution in [3.8, 4) is 0 Å². The van der Waals surface area contributed by atoms with Gasteiger partial charge in [-0.05, 0) is 24.1 Å². The Labute approximate surface area is 145 Å². The molecule has 0 aliphatic heterocycles. The Hall–Kier alpha value is -3.40. The first-order valence-corrected chi connectivity index (χ1v) is 7.75. The first kappa shape index (κ1) is 16.5. The van der Waals surface area contributed by atoms with Crippen molar-refractivity contribution in [2.45, 2.75) is 6.92 Å². The summed E-state index contributed by atoms with van der Waals surface area (Å²) in [5.74, 6) is -2.86. The summed E-state index contributed by atoms with van der Waals surface area (Å²) >= 11 is 0. The normalized spacial score (nSPS) is 15.4. The summed E-state index contributed by atoms with van der Waals surface area (Å²) in [6.45, 7) is 1.83. The summed E-state index contributed by atoms with van der Waals surface area (Å²) in [5.41, 5.74) is 1.67. The van der Waals surface area contributed by atoms with E-state index in [0.717, 1.165) is 11.1 Å². The Kier molecular flexibility index (Phi) is 4.35. The summed E-state index contributed by atoms with van der Waals surface area (Å²) in [7, 11) is 0. The van der Waals surface area contributed by atoms with Gasteiger partial charge in [-0.1, -0.05) is 66.2 Å². The molecule has 4 heteroatoms. The number of carbonyl (C=O) groups excluding carboxylic acids is 2. The molecule has 2 aromatic rings. The Balaban J connectivity index is 2.01. The molecule has 3 rings (SSSR count). The Morgan fingerprint density at radius 3 is 2.20 bits per heavy atom. The molecule has 0 saturated carbocycles. The van der Waals surface area contributed by atoms with Crippen molar-refractivity contribution in [3.05, 3.63) is 94.5 Å². The van der Waals surface area contributed by atoms with Crippen LogP contribution in [0.1, 0.15) is 16.7 Å². The lowest BCUT2D eigenvalue weighted by Crippen LogP contribution is -2.22. The van der Waals surface area contributed by atoms with Crippen molar-refractivity contribution in [1.29, 1.82) is 0 Å². The Morgan fingerprint density at radius 2 is 1.52 bits per heavy atom. The highest BCUT2D eigenvalue weighted by atomic mass is 16.3. The molecule has 0 atom stereocenters. The zero-order chi connectivity index (χ0) is 18.0. The standard InChI is InChI=1S/C21H16O4/c1-13-6-5-9-15(12-13)17-20(24)18(22)16(19(23)21(17)25)11-10-14-7-3-2-4-8-14/h2-12,22,25H,1H3/b11-10+. The predicted octanol–water partition coefficient (Wildman–Crippen LogP) is 3.94. The third-order valence-electron chi connectivity index (χ3n) is 3.94. The minimum absolute atomic E-state index is 0.178. The first-order chi connectivity index (χ1) is 12.0. The largest absolute Gasteiger partial charge is 0.504 e. The number of Topliss-reactive ketones (excluding diaryl/α,β-unsaturated/α-hetero) is 2. The summed E-state index contributed by atoms with van der Waals surface area (Å²) in [4.78, 5) is 24.9. The van der Waals surface area contributed by atoms with Crippen LogP contribution >= 0.6 is 0 Å². The van der Waals surface area contributed by atoms with Gasteiger partial charge in [-0.15, -0.1) is 0 Å². The third kappa shape index (κ3) is 3.15. The van der Waals surface area contributed by atoms with Gasteiger partial charge >= 0.3 is 0 Å². The van der Waals surface area contributed by atoms with Gasteiger partial charge in [0, 0.05) is 0 Å². The summed E-state index contributed by atoms with van der Waals surface area (Å²) in [6.07, 6.45) is 2.94. The molecule has 0 radical (unpaired) electrons. The van der Waals surface area contributed by atoms with Gasteiger partial charge in [-0.25, -0.2) is 0 Å². The molecule has 0 fully saturated rings. The second-order valence-electron chi connectivity index (χ2n) is 5.76. The number of rotatable bonds is 3. The number of hydrogen-bond donors (Lipinski definition) is 2. The van der Waals surface area contributed by atoms with E-state index in [-0.39, 0.29) is 11.1 Å². The molecular weight excluding hydrogens is 316 g/mol. The van der Waals surface area contributed by atoms with Crippen LogP contribution in [-0.4, -0.2) is 21.8 Å². The van der Waals surface area contributed by atoms with E-state index < -0.39 is 23.1 Å². The minimum Gasteiger partial charge on any atom is -0.504 e. The van der Waals surface area contributed by atoms with E-state index in [1.807, 2.05) is 43.3 Å². The second-order valence-corrected chi connectivity index (χ2v) is 5.76. The van der Waals surface area contributed by atoms with Crippen LogP contribution in [0.15, 0.2) is 77.8 Å². The number of hydrogen-bond acceptors (Lipinski definition) is 4. The fourth-order valence-corrected chi connectivity index (χ4v) is 2.66. The van der Waals surface area contributed by atoms with Gasteiger partial charge in [0.05, 0.1) is 11.1 Å². The molecule has 0 amide bonds. The summed E-state index contributed by atoms with van der Waals surface area (Å²) in [6, 6.07) is 16.0. The molecule has 124 valence electrons. The lowest BCUT2D eigenvalue weighted by molar-refractivity contribution is -0.118. The van der Waals surface area contributed by atoms with Gasteiger partial charge in [0.2, 0.25) is 11.6 Å². The summed E-state index contributed by atoms with van der Waals surface area (Å²) in [5, 5.41) is 20.5. The van der Waals surface area contributed by atoms with Crippen molar-refractivity contribution < 1.29 is 19.8 Å². The lowest BCUT2D eigenvalue weighted by atomic mass is 9.88. The maximum atomic E-state index is 12.5. The molecular formula is C21H16O4. The number of ketones is 2. The van der Waals surface area contributed by atoms with Crippen LogP contribution in [0.25, 0.3) is 11.6 Å². The van der Waals surface area contributed by atoms with Gasteiger partial charge < -0.3 is 10.2 Å². The number of allylic oxidation sites excluding steroid dienone is 3. The minimum atomic E-state index is -0.777. The third-order valence-corrected chi connectivity index (χ3v) is 3.94. The van der Waals surface area contributed by atoms with Gasteiger partial charge in [-0.2, -0.15) is 0 Å². The van der Waals surface area contributed by atoms with E-state index in [9.17, 15) is 19.8 Å². The fraction of sp³-hybridized carbons (Fsp3) is 0.0476. The molecule has 0 aromatic heterocycles. The summed E-state index contributed by atoms with van der Waals surface area (Å²) < 4.78 is 0. The van der Waals surface area contributed by atoms with Crippen LogP contribution in [0.2, 0.25) is 0 Å². The lowest BCUT2D eigenvalue weighted by Gasteiger charge is -2.16. The maximum absolute atomic E-state index is 12.5. The molecule has 1 aliphatic rings. The monoisotopic (exact) mass is 332 g/mol. The van der Waals surface area contributed by atoms with Gasteiger partial charge in [-0.3, -0.25) is 9.59 Å². The van der Waals surface area contributed by atoms with Crippen LogP contribution in [0.3, 0.4) is 0 Å². The zero-order valence-electron chi connectivity index (χ0n) is 13.6. The SMILES string of the molecule is Cc1cccc(C2=C(O)C(=O)C(/C=C/c3ccccc3)=C(O)C2=O)c1. The smallest absolute Gasteiger partial charge is 0.232 e. The van der Waals surface area contributed by atoms with E-state index in [4.69, 9.17) is 0 Å². The highest BCUT2D eigenvalue weighted by molar-refractivity contribution is 6.38. The van der Waals surface area contributed by atoms with Crippen LogP contribution in [0.5, 0.6) is 0 Å². The van der Waals surface area contributed by atoms with Crippen molar-refractivity contribution in [2.75, 3.05) is 0 Å². The number of benzene rings is 2. The average Bonchev–Trinajstić information content (AvgIpc) is 2.61. The van der Waals surface area contributed by atoms with Crippen molar-refractivity contribution in [3.63, 3.8) is 0 Å². The molecule has 0 bridgehead atoms. The van der Waals surface area contributed by atoms with Crippen LogP contribution in [-0.2, 0) is 9.59 Å². The number of aliphatic hydroxyl groups excluding tert-OH is 2. The first-order valence-electron chi connectivity index (χ1n) is 7.75. The van der Waals surface area contributed by atoms with Crippen LogP contribution < -0.4 is 0 Å². The number of aliphatic hydroxyl groups is 2. The average molecular weight is 332 g/mol. The highest BCUT2D eigenvalue weighted by Crippen LogP contribution is 2.30. The van der Waals surface area contributed by atoms with E-state index in [0.29, 0.717) is 5.56 Å². The highest BCUT2D eigenvalue weighted by Gasteiger charge is 2.34. The zero-order valence-corrected chi connectivity index (χ0v) is 13.6. The molecule has 0 saturated heterocycles. The quantitative estimate of drug-likeness (QED) is 0.835. The van der Waals surface area contributed by atoms with E-state index >= 15 is 0 Å². The van der Waals surface area contributed by atoms with Crippen molar-refractivity contribution in [1.82, 2.24) is 0 Å². The molecule has 25 heavy (non-hydrogen) atoms. The van der Waals surface area contributed by atoms with Gasteiger partial charge in [0.1, 0.15) is 0 Å². The van der Waals surface area contributed by atoms with Crippen LogP contribution in [0.4, 0.5) is 0 Å². The van der Waals surface area contributed by atoms with E-state index in [1.165, 1.54) is 6.08 Å². The maximum Gasteiger partial charge on any atom is 0.232 e. The van der Waals surface area contributed by atoms with Crippen molar-refractivity contribution in [2.24, 2.45) is 0 Å². The number of aryl methyl sites for hydroxylation is 1. The number of carbonyl (C=O) groups is 2. The van der Waals surface area contributed by atoms with Crippen molar-refractivity contribution >= 4 is 23.2 Å². The molecule has 0 unspecified atom stereocenters. The van der Waals surface area contributed by atoms with E-state index in [2.05, 4.69) is 0 Å².